The second kappa shape index (κ2) is 5.95. The van der Waals surface area contributed by atoms with Crippen LogP contribution in [0.5, 0.6) is 11.5 Å². The Bertz CT molecular complexity index is 555. The van der Waals surface area contributed by atoms with Crippen LogP contribution in [0.15, 0.2) is 42.5 Å². The largest absolute Gasteiger partial charge is 0.497 e. The van der Waals surface area contributed by atoms with Gasteiger partial charge in [-0.2, -0.15) is 0 Å². The average molecular weight is 278 g/mol. The van der Waals surface area contributed by atoms with Crippen LogP contribution in [0.2, 0.25) is 5.02 Å². The Hall–Kier alpha value is -1.71. The van der Waals surface area contributed by atoms with Crippen LogP contribution in [0.1, 0.15) is 17.2 Å². The molecule has 0 aromatic heterocycles. The second-order valence-electron chi connectivity index (χ2n) is 4.14. The minimum Gasteiger partial charge on any atom is -0.497 e. The molecule has 0 heterocycles. The normalized spacial score (nSPS) is 12.0. The van der Waals surface area contributed by atoms with Crippen LogP contribution < -0.4 is 15.2 Å². The Kier molecular flexibility index (Phi) is 4.30. The van der Waals surface area contributed by atoms with E-state index < -0.39 is 0 Å². The molecule has 0 bridgehead atoms. The molecule has 2 aromatic carbocycles. The summed E-state index contributed by atoms with van der Waals surface area (Å²) in [5.41, 5.74) is 8.20. The highest BCUT2D eigenvalue weighted by Gasteiger charge is 2.11. The molecule has 2 rings (SSSR count). The third-order valence-electron chi connectivity index (χ3n) is 3.01. The summed E-state index contributed by atoms with van der Waals surface area (Å²) < 4.78 is 10.3. The highest BCUT2D eigenvalue weighted by Crippen LogP contribution is 2.29. The summed E-state index contributed by atoms with van der Waals surface area (Å²) in [4.78, 5) is 0. The SMILES string of the molecule is COc1ccc(C(N)c2ccc(Cl)c(OC)c2)cc1. The standard InChI is InChI=1S/C15H16ClNO2/c1-18-12-6-3-10(4-7-12)15(17)11-5-8-13(16)14(9-11)19-2/h3-9,15H,17H2,1-2H3. The number of hydrogen-bond acceptors (Lipinski definition) is 3. The van der Waals surface area contributed by atoms with Crippen molar-refractivity contribution in [2.75, 3.05) is 14.2 Å². The van der Waals surface area contributed by atoms with Crippen molar-refractivity contribution in [1.82, 2.24) is 0 Å². The molecule has 0 saturated carbocycles. The van der Waals surface area contributed by atoms with Crippen LogP contribution in [0.4, 0.5) is 0 Å². The Morgan fingerprint density at radius 3 is 2.16 bits per heavy atom. The number of methoxy groups -OCH3 is 2. The van der Waals surface area contributed by atoms with Crippen molar-refractivity contribution in [3.05, 3.63) is 58.6 Å². The lowest BCUT2D eigenvalue weighted by Gasteiger charge is -2.14. The second-order valence-corrected chi connectivity index (χ2v) is 4.55. The van der Waals surface area contributed by atoms with Crippen LogP contribution in [-0.4, -0.2) is 14.2 Å². The van der Waals surface area contributed by atoms with Gasteiger partial charge in [-0.1, -0.05) is 29.8 Å². The monoisotopic (exact) mass is 277 g/mol. The first kappa shape index (κ1) is 13.7. The third kappa shape index (κ3) is 3.00. The number of ether oxygens (including phenoxy) is 2. The lowest BCUT2D eigenvalue weighted by atomic mass is 9.99. The molecule has 0 saturated heterocycles. The van der Waals surface area contributed by atoms with Gasteiger partial charge in [-0.15, -0.1) is 0 Å². The van der Waals surface area contributed by atoms with Gasteiger partial charge in [0, 0.05) is 0 Å². The van der Waals surface area contributed by atoms with Crippen molar-refractivity contribution in [3.8, 4) is 11.5 Å². The first-order valence-electron chi connectivity index (χ1n) is 5.88. The van der Waals surface area contributed by atoms with Gasteiger partial charge in [0.25, 0.3) is 0 Å². The molecule has 0 spiro atoms. The summed E-state index contributed by atoms with van der Waals surface area (Å²) in [6, 6.07) is 13.0. The van der Waals surface area contributed by atoms with Crippen molar-refractivity contribution in [2.24, 2.45) is 5.73 Å². The highest BCUT2D eigenvalue weighted by molar-refractivity contribution is 6.32. The molecule has 4 heteroatoms. The minimum absolute atomic E-state index is 0.225. The predicted octanol–water partition coefficient (Wildman–Crippen LogP) is 3.41. The Morgan fingerprint density at radius 1 is 0.947 bits per heavy atom. The molecule has 2 N–H and O–H groups in total. The van der Waals surface area contributed by atoms with Crippen LogP contribution in [0.3, 0.4) is 0 Å². The zero-order valence-corrected chi connectivity index (χ0v) is 11.6. The van der Waals surface area contributed by atoms with Gasteiger partial charge in [0.05, 0.1) is 25.3 Å². The summed E-state index contributed by atoms with van der Waals surface area (Å²) in [5, 5.41) is 0.577. The third-order valence-corrected chi connectivity index (χ3v) is 3.32. The van der Waals surface area contributed by atoms with Gasteiger partial charge < -0.3 is 15.2 Å². The molecule has 19 heavy (non-hydrogen) atoms. The number of nitrogens with two attached hydrogens (primary N) is 1. The molecular formula is C15H16ClNO2. The van der Waals surface area contributed by atoms with Crippen LogP contribution in [0, 0.1) is 0 Å². The molecule has 0 aliphatic carbocycles. The fourth-order valence-corrected chi connectivity index (χ4v) is 2.07. The van der Waals surface area contributed by atoms with Gasteiger partial charge >= 0.3 is 0 Å². The first-order chi connectivity index (χ1) is 9.15. The molecule has 0 aliphatic heterocycles. The van der Waals surface area contributed by atoms with Crippen molar-refractivity contribution >= 4 is 11.6 Å². The Morgan fingerprint density at radius 2 is 1.58 bits per heavy atom. The van der Waals surface area contributed by atoms with Gasteiger partial charge in [0.1, 0.15) is 11.5 Å². The fraction of sp³-hybridized carbons (Fsp3) is 0.200. The maximum absolute atomic E-state index is 6.24. The van der Waals surface area contributed by atoms with Crippen molar-refractivity contribution in [3.63, 3.8) is 0 Å². The van der Waals surface area contributed by atoms with E-state index in [0.717, 1.165) is 16.9 Å². The molecule has 0 fully saturated rings. The van der Waals surface area contributed by atoms with Gasteiger partial charge in [0.2, 0.25) is 0 Å². The van der Waals surface area contributed by atoms with Gasteiger partial charge in [-0.25, -0.2) is 0 Å². The van der Waals surface area contributed by atoms with E-state index in [2.05, 4.69) is 0 Å². The Balaban J connectivity index is 2.29. The predicted molar refractivity (Wildman–Crippen MR) is 77.0 cm³/mol. The smallest absolute Gasteiger partial charge is 0.137 e. The molecule has 0 aliphatic rings. The Labute approximate surface area is 117 Å². The van der Waals surface area contributed by atoms with Crippen molar-refractivity contribution < 1.29 is 9.47 Å². The number of hydrogen-bond donors (Lipinski definition) is 1. The molecule has 3 nitrogen and oxygen atoms in total. The van der Waals surface area contributed by atoms with E-state index in [1.165, 1.54) is 0 Å². The van der Waals surface area contributed by atoms with E-state index in [1.807, 2.05) is 36.4 Å². The average Bonchev–Trinajstić information content (AvgIpc) is 2.47. The van der Waals surface area contributed by atoms with E-state index in [9.17, 15) is 0 Å². The molecule has 100 valence electrons. The van der Waals surface area contributed by atoms with Gasteiger partial charge in [0.15, 0.2) is 0 Å². The van der Waals surface area contributed by atoms with E-state index in [0.29, 0.717) is 10.8 Å². The number of benzene rings is 2. The number of halogens is 1. The zero-order valence-electron chi connectivity index (χ0n) is 10.9. The lowest BCUT2D eigenvalue weighted by Crippen LogP contribution is -2.11. The molecule has 0 amide bonds. The fourth-order valence-electron chi connectivity index (χ4n) is 1.87. The summed E-state index contributed by atoms with van der Waals surface area (Å²) in [6.45, 7) is 0. The first-order valence-corrected chi connectivity index (χ1v) is 6.26. The van der Waals surface area contributed by atoms with Crippen LogP contribution >= 0.6 is 11.6 Å². The van der Waals surface area contributed by atoms with Crippen molar-refractivity contribution in [1.29, 1.82) is 0 Å². The summed E-state index contributed by atoms with van der Waals surface area (Å²) >= 11 is 6.00. The summed E-state index contributed by atoms with van der Waals surface area (Å²) in [6.07, 6.45) is 0. The molecule has 1 atom stereocenters. The van der Waals surface area contributed by atoms with E-state index >= 15 is 0 Å². The molecule has 2 aromatic rings. The van der Waals surface area contributed by atoms with Crippen molar-refractivity contribution in [2.45, 2.75) is 6.04 Å². The zero-order chi connectivity index (χ0) is 13.8. The maximum atomic E-state index is 6.24. The summed E-state index contributed by atoms with van der Waals surface area (Å²) in [5.74, 6) is 1.44. The number of rotatable bonds is 4. The quantitative estimate of drug-likeness (QED) is 0.931. The summed E-state index contributed by atoms with van der Waals surface area (Å²) in [7, 11) is 3.23. The maximum Gasteiger partial charge on any atom is 0.137 e. The minimum atomic E-state index is -0.225. The van der Waals surface area contributed by atoms with E-state index in [-0.39, 0.29) is 6.04 Å². The van der Waals surface area contributed by atoms with Gasteiger partial charge in [-0.3, -0.25) is 0 Å². The van der Waals surface area contributed by atoms with Gasteiger partial charge in [-0.05, 0) is 35.4 Å². The van der Waals surface area contributed by atoms with Crippen LogP contribution in [-0.2, 0) is 0 Å². The topological polar surface area (TPSA) is 44.5 Å². The van der Waals surface area contributed by atoms with E-state index in [1.54, 1.807) is 20.3 Å². The van der Waals surface area contributed by atoms with E-state index in [4.69, 9.17) is 26.8 Å². The molecule has 1 unspecified atom stereocenters. The molecule has 0 radical (unpaired) electrons. The molecular weight excluding hydrogens is 262 g/mol. The lowest BCUT2D eigenvalue weighted by molar-refractivity contribution is 0.414. The highest BCUT2D eigenvalue weighted by atomic mass is 35.5. The van der Waals surface area contributed by atoms with Crippen LogP contribution in [0.25, 0.3) is 0 Å².